The molecule has 0 aromatic carbocycles. The molecule has 0 amide bonds. The highest BCUT2D eigenvalue weighted by atomic mass is 35.5. The molecule has 0 aliphatic heterocycles. The molecule has 0 spiro atoms. The molecule has 1 aliphatic rings. The molecule has 0 aromatic rings. The van der Waals surface area contributed by atoms with Crippen LogP contribution < -0.4 is 5.32 Å². The van der Waals surface area contributed by atoms with Crippen LogP contribution in [0.2, 0.25) is 0 Å². The highest BCUT2D eigenvalue weighted by molar-refractivity contribution is 8.00. The average Bonchev–Trinajstić information content (AvgIpc) is 2.28. The van der Waals surface area contributed by atoms with Gasteiger partial charge in [-0.3, -0.25) is 0 Å². The molecule has 1 saturated carbocycles. The van der Waals surface area contributed by atoms with E-state index < -0.39 is 5.51 Å². The third-order valence-electron chi connectivity index (χ3n) is 3.24. The second-order valence-electron chi connectivity index (χ2n) is 4.67. The zero-order valence-corrected chi connectivity index (χ0v) is 11.4. The summed E-state index contributed by atoms with van der Waals surface area (Å²) >= 11 is 6.03. The first-order valence-electron chi connectivity index (χ1n) is 5.95. The smallest absolute Gasteiger partial charge is 0.315 e. The average molecular weight is 290 g/mol. The summed E-state index contributed by atoms with van der Waals surface area (Å²) in [6.45, 7) is 1.14. The van der Waals surface area contributed by atoms with Crippen molar-refractivity contribution >= 4 is 23.4 Å². The van der Waals surface area contributed by atoms with Crippen LogP contribution >= 0.6 is 23.4 Å². The number of rotatable bonds is 6. The van der Waals surface area contributed by atoms with Crippen molar-refractivity contribution in [2.45, 2.75) is 37.6 Å². The zero-order chi connectivity index (χ0) is 12.8. The van der Waals surface area contributed by atoms with E-state index in [4.69, 9.17) is 11.6 Å². The fraction of sp³-hybridized carbons (Fsp3) is 1.00. The van der Waals surface area contributed by atoms with E-state index in [0.717, 1.165) is 19.4 Å². The second kappa shape index (κ2) is 7.10. The fourth-order valence-electron chi connectivity index (χ4n) is 2.25. The summed E-state index contributed by atoms with van der Waals surface area (Å²) in [5, 5.41) is 3.11. The van der Waals surface area contributed by atoms with Crippen LogP contribution in [-0.2, 0) is 0 Å². The summed E-state index contributed by atoms with van der Waals surface area (Å²) in [5.41, 5.74) is -4.00. The Hall–Kier alpha value is 0.390. The number of hydrogen-bond donors (Lipinski definition) is 1. The first-order chi connectivity index (χ1) is 7.97. The number of thioether (sulfide) groups is 1. The lowest BCUT2D eigenvalue weighted by Crippen LogP contribution is -2.38. The Bertz CT molecular complexity index is 217. The summed E-state index contributed by atoms with van der Waals surface area (Å²) in [6.07, 6.45) is 5.81. The van der Waals surface area contributed by atoms with Crippen molar-refractivity contribution in [1.29, 1.82) is 0 Å². The van der Waals surface area contributed by atoms with E-state index in [9.17, 15) is 13.2 Å². The first kappa shape index (κ1) is 15.4. The molecular formula is C11H19ClF3NS. The molecule has 0 aromatic heterocycles. The standard InChI is InChI=1S/C11H19ClF3NS/c12-8-10(4-2-1-3-5-10)9-16-6-7-17-11(13,14)15/h16H,1-9H2. The van der Waals surface area contributed by atoms with Gasteiger partial charge in [-0.05, 0) is 30.0 Å². The maximum atomic E-state index is 11.9. The van der Waals surface area contributed by atoms with Crippen LogP contribution in [0.5, 0.6) is 0 Å². The normalized spacial score (nSPS) is 20.5. The zero-order valence-electron chi connectivity index (χ0n) is 9.78. The molecule has 102 valence electrons. The van der Waals surface area contributed by atoms with E-state index in [0.29, 0.717) is 12.4 Å². The summed E-state index contributed by atoms with van der Waals surface area (Å²) in [4.78, 5) is 0. The molecule has 1 nitrogen and oxygen atoms in total. The summed E-state index contributed by atoms with van der Waals surface area (Å²) in [6, 6.07) is 0. The molecule has 17 heavy (non-hydrogen) atoms. The lowest BCUT2D eigenvalue weighted by molar-refractivity contribution is -0.0327. The molecule has 0 saturated heterocycles. The van der Waals surface area contributed by atoms with Gasteiger partial charge in [0.1, 0.15) is 0 Å². The van der Waals surface area contributed by atoms with Gasteiger partial charge in [0.05, 0.1) is 0 Å². The summed E-state index contributed by atoms with van der Waals surface area (Å²) < 4.78 is 35.7. The van der Waals surface area contributed by atoms with Crippen molar-refractivity contribution in [3.8, 4) is 0 Å². The predicted molar refractivity (Wildman–Crippen MR) is 67.6 cm³/mol. The molecule has 0 heterocycles. The molecule has 1 N–H and O–H groups in total. The molecule has 0 bridgehead atoms. The van der Waals surface area contributed by atoms with Crippen LogP contribution in [-0.4, -0.2) is 30.2 Å². The number of hydrogen-bond acceptors (Lipinski definition) is 2. The maximum Gasteiger partial charge on any atom is 0.441 e. The van der Waals surface area contributed by atoms with E-state index in [1.807, 2.05) is 0 Å². The van der Waals surface area contributed by atoms with E-state index >= 15 is 0 Å². The van der Waals surface area contributed by atoms with Crippen LogP contribution in [0.3, 0.4) is 0 Å². The highest BCUT2D eigenvalue weighted by Gasteiger charge is 2.31. The van der Waals surface area contributed by atoms with Gasteiger partial charge < -0.3 is 5.32 Å². The van der Waals surface area contributed by atoms with Gasteiger partial charge in [0.2, 0.25) is 0 Å². The number of halogens is 4. The molecular weight excluding hydrogens is 271 g/mol. The van der Waals surface area contributed by atoms with Gasteiger partial charge >= 0.3 is 5.51 Å². The third kappa shape index (κ3) is 6.20. The molecule has 6 heteroatoms. The van der Waals surface area contributed by atoms with Crippen LogP contribution in [0.1, 0.15) is 32.1 Å². The topological polar surface area (TPSA) is 12.0 Å². The van der Waals surface area contributed by atoms with Crippen LogP contribution in [0.15, 0.2) is 0 Å². The summed E-state index contributed by atoms with van der Waals surface area (Å²) in [5.74, 6) is 0.675. The minimum absolute atomic E-state index is 0.0312. The molecule has 1 fully saturated rings. The quantitative estimate of drug-likeness (QED) is 0.585. The fourth-order valence-corrected chi connectivity index (χ4v) is 3.09. The lowest BCUT2D eigenvalue weighted by atomic mass is 9.75. The molecule has 1 rings (SSSR count). The van der Waals surface area contributed by atoms with E-state index in [1.54, 1.807) is 0 Å². The monoisotopic (exact) mass is 289 g/mol. The predicted octanol–water partition coefficient (Wildman–Crippen LogP) is 4.02. The Balaban J connectivity index is 2.15. The first-order valence-corrected chi connectivity index (χ1v) is 7.47. The van der Waals surface area contributed by atoms with Crippen molar-refractivity contribution < 1.29 is 13.2 Å². The Morgan fingerprint density at radius 2 is 1.82 bits per heavy atom. The van der Waals surface area contributed by atoms with Crippen molar-refractivity contribution in [3.63, 3.8) is 0 Å². The Kier molecular flexibility index (Phi) is 6.45. The van der Waals surface area contributed by atoms with E-state index in [-0.39, 0.29) is 22.9 Å². The van der Waals surface area contributed by atoms with Gasteiger partial charge in [0, 0.05) is 24.7 Å². The molecule has 0 unspecified atom stereocenters. The minimum atomic E-state index is -4.11. The lowest BCUT2D eigenvalue weighted by Gasteiger charge is -2.35. The van der Waals surface area contributed by atoms with Gasteiger partial charge in [-0.1, -0.05) is 19.3 Å². The highest BCUT2D eigenvalue weighted by Crippen LogP contribution is 2.36. The van der Waals surface area contributed by atoms with Crippen LogP contribution in [0, 0.1) is 5.41 Å². The number of nitrogens with one attached hydrogen (secondary N) is 1. The Morgan fingerprint density at radius 1 is 1.18 bits per heavy atom. The van der Waals surface area contributed by atoms with Crippen molar-refractivity contribution in [2.24, 2.45) is 5.41 Å². The SMILES string of the molecule is FC(F)(F)SCCNCC1(CCl)CCCCC1. The Morgan fingerprint density at radius 3 is 2.35 bits per heavy atom. The Labute approximate surface area is 110 Å². The van der Waals surface area contributed by atoms with Crippen molar-refractivity contribution in [3.05, 3.63) is 0 Å². The van der Waals surface area contributed by atoms with Gasteiger partial charge in [0.25, 0.3) is 0 Å². The molecule has 0 atom stereocenters. The molecule has 1 aliphatic carbocycles. The largest absolute Gasteiger partial charge is 0.441 e. The van der Waals surface area contributed by atoms with Gasteiger partial charge in [0.15, 0.2) is 0 Å². The van der Waals surface area contributed by atoms with E-state index in [2.05, 4.69) is 5.32 Å². The van der Waals surface area contributed by atoms with Gasteiger partial charge in [-0.15, -0.1) is 11.6 Å². The number of alkyl halides is 4. The van der Waals surface area contributed by atoms with Crippen LogP contribution in [0.25, 0.3) is 0 Å². The van der Waals surface area contributed by atoms with Gasteiger partial charge in [-0.25, -0.2) is 0 Å². The molecule has 0 radical (unpaired) electrons. The van der Waals surface area contributed by atoms with Crippen LogP contribution in [0.4, 0.5) is 13.2 Å². The maximum absolute atomic E-state index is 11.9. The van der Waals surface area contributed by atoms with E-state index in [1.165, 1.54) is 19.3 Å². The minimum Gasteiger partial charge on any atom is -0.315 e. The third-order valence-corrected chi connectivity index (χ3v) is 4.54. The van der Waals surface area contributed by atoms with Gasteiger partial charge in [-0.2, -0.15) is 13.2 Å². The van der Waals surface area contributed by atoms with Crippen molar-refractivity contribution in [1.82, 2.24) is 5.32 Å². The van der Waals surface area contributed by atoms with Crippen molar-refractivity contribution in [2.75, 3.05) is 24.7 Å². The summed E-state index contributed by atoms with van der Waals surface area (Å²) in [7, 11) is 0. The second-order valence-corrected chi connectivity index (χ2v) is 6.09.